The number of hydrogen-bond acceptors (Lipinski definition) is 4. The fourth-order valence-electron chi connectivity index (χ4n) is 2.84. The molecule has 166 valence electrons. The Labute approximate surface area is 194 Å². The van der Waals surface area contributed by atoms with Crippen molar-refractivity contribution in [1.29, 1.82) is 0 Å². The Morgan fingerprint density at radius 3 is 2.37 bits per heavy atom. The third-order valence-corrected chi connectivity index (χ3v) is 4.28. The molecule has 0 heterocycles. The fraction of sp³-hybridized carbons (Fsp3) is 0.409. The van der Waals surface area contributed by atoms with E-state index in [1.54, 1.807) is 19.2 Å². The van der Waals surface area contributed by atoms with Crippen molar-refractivity contribution in [3.8, 4) is 11.5 Å². The number of aliphatic imine (C=N–C) groups is 1. The summed E-state index contributed by atoms with van der Waals surface area (Å²) in [5.74, 6) is 1.76. The highest BCUT2D eigenvalue weighted by Crippen LogP contribution is 2.28. The maximum absolute atomic E-state index is 13.5. The summed E-state index contributed by atoms with van der Waals surface area (Å²) in [6.07, 6.45) is 0.790. The molecule has 0 spiro atoms. The van der Waals surface area contributed by atoms with Gasteiger partial charge in [-0.15, -0.1) is 24.0 Å². The van der Waals surface area contributed by atoms with Crippen LogP contribution in [-0.4, -0.2) is 37.9 Å². The minimum absolute atomic E-state index is 0. The molecule has 0 aliphatic carbocycles. The van der Waals surface area contributed by atoms with Crippen LogP contribution in [-0.2, 0) is 19.6 Å². The van der Waals surface area contributed by atoms with Crippen molar-refractivity contribution in [3.05, 3.63) is 58.9 Å². The van der Waals surface area contributed by atoms with E-state index in [-0.39, 0.29) is 36.1 Å². The summed E-state index contributed by atoms with van der Waals surface area (Å²) in [7, 11) is 1.70. The Balaban J connectivity index is 0.00000450. The van der Waals surface area contributed by atoms with Gasteiger partial charge in [0.15, 0.2) is 17.5 Å². The van der Waals surface area contributed by atoms with Crippen LogP contribution in [0, 0.1) is 5.82 Å². The summed E-state index contributed by atoms with van der Waals surface area (Å²) in [6.45, 7) is 5.91. The minimum atomic E-state index is -0.402. The molecule has 2 rings (SSSR count). The molecule has 0 unspecified atom stereocenters. The van der Waals surface area contributed by atoms with Crippen LogP contribution >= 0.6 is 24.0 Å². The van der Waals surface area contributed by atoms with E-state index in [1.807, 2.05) is 32.0 Å². The summed E-state index contributed by atoms with van der Waals surface area (Å²) in [6, 6.07) is 10.7. The van der Waals surface area contributed by atoms with E-state index >= 15 is 0 Å². The topological polar surface area (TPSA) is 75.1 Å². The number of halogens is 2. The second kappa shape index (κ2) is 14.0. The first kappa shape index (κ1) is 26.0. The van der Waals surface area contributed by atoms with Crippen LogP contribution in [0.15, 0.2) is 41.4 Å². The second-order valence-corrected chi connectivity index (χ2v) is 6.33. The number of rotatable bonds is 10. The van der Waals surface area contributed by atoms with Gasteiger partial charge < -0.3 is 25.2 Å². The molecule has 3 N–H and O–H groups in total. The third kappa shape index (κ3) is 7.98. The van der Waals surface area contributed by atoms with Gasteiger partial charge in [-0.05, 0) is 55.7 Å². The van der Waals surface area contributed by atoms with Crippen molar-refractivity contribution in [3.63, 3.8) is 0 Å². The smallest absolute Gasteiger partial charge is 0.191 e. The summed E-state index contributed by atoms with van der Waals surface area (Å²) in [4.78, 5) is 4.21. The van der Waals surface area contributed by atoms with Gasteiger partial charge in [0, 0.05) is 25.7 Å². The van der Waals surface area contributed by atoms with Gasteiger partial charge in [-0.1, -0.05) is 12.1 Å². The van der Waals surface area contributed by atoms with Gasteiger partial charge in [0.25, 0.3) is 0 Å². The third-order valence-electron chi connectivity index (χ3n) is 4.28. The van der Waals surface area contributed by atoms with Crippen molar-refractivity contribution in [2.45, 2.75) is 33.4 Å². The second-order valence-electron chi connectivity index (χ2n) is 6.33. The number of nitrogens with zero attached hydrogens (tertiary/aromatic N) is 1. The van der Waals surface area contributed by atoms with Gasteiger partial charge in [0.1, 0.15) is 5.82 Å². The van der Waals surface area contributed by atoms with Crippen LogP contribution in [0.4, 0.5) is 4.39 Å². The van der Waals surface area contributed by atoms with E-state index in [0.717, 1.165) is 29.0 Å². The van der Waals surface area contributed by atoms with Crippen molar-refractivity contribution in [2.24, 2.45) is 4.99 Å². The fourth-order valence-corrected chi connectivity index (χ4v) is 2.84. The van der Waals surface area contributed by atoms with E-state index in [4.69, 9.17) is 9.47 Å². The number of nitrogens with one attached hydrogen (secondary N) is 2. The zero-order valence-corrected chi connectivity index (χ0v) is 20.0. The van der Waals surface area contributed by atoms with E-state index in [9.17, 15) is 9.50 Å². The standard InChI is InChI=1S/C22H30FN3O3.HI/c1-4-28-20-9-7-16(13-21(20)29-5-2)10-11-25-22(24-3)26-14-17-6-8-19(23)18(12-17)15-27;/h6-9,12-13,27H,4-5,10-11,14-15H2,1-3H3,(H2,24,25,26);1H. The van der Waals surface area contributed by atoms with Crippen molar-refractivity contribution in [1.82, 2.24) is 10.6 Å². The first-order valence-corrected chi connectivity index (χ1v) is 9.82. The van der Waals surface area contributed by atoms with Gasteiger partial charge in [0.05, 0.1) is 19.8 Å². The normalized spacial score (nSPS) is 10.9. The molecule has 0 aliphatic heterocycles. The quantitative estimate of drug-likeness (QED) is 0.248. The zero-order chi connectivity index (χ0) is 21.1. The first-order chi connectivity index (χ1) is 14.1. The van der Waals surface area contributed by atoms with Gasteiger partial charge >= 0.3 is 0 Å². The molecule has 0 radical (unpaired) electrons. The van der Waals surface area contributed by atoms with E-state index in [1.165, 1.54) is 6.07 Å². The number of guanidine groups is 1. The number of aliphatic hydroxyl groups excluding tert-OH is 1. The molecule has 2 aromatic rings. The van der Waals surface area contributed by atoms with Crippen LogP contribution in [0.5, 0.6) is 11.5 Å². The van der Waals surface area contributed by atoms with Crippen molar-refractivity contribution < 1.29 is 19.0 Å². The lowest BCUT2D eigenvalue weighted by atomic mass is 10.1. The molecule has 0 atom stereocenters. The van der Waals surface area contributed by atoms with Gasteiger partial charge in [0.2, 0.25) is 0 Å². The van der Waals surface area contributed by atoms with Gasteiger partial charge in [-0.3, -0.25) is 4.99 Å². The molecule has 0 saturated heterocycles. The SMILES string of the molecule is CCOc1ccc(CCNC(=NC)NCc2ccc(F)c(CO)c2)cc1OCC.I. The number of hydrogen-bond donors (Lipinski definition) is 3. The monoisotopic (exact) mass is 531 g/mol. The maximum Gasteiger partial charge on any atom is 0.191 e. The van der Waals surface area contributed by atoms with Crippen LogP contribution in [0.2, 0.25) is 0 Å². The Bertz CT molecular complexity index is 818. The lowest BCUT2D eigenvalue weighted by molar-refractivity contribution is 0.275. The predicted octanol–water partition coefficient (Wildman–Crippen LogP) is 3.64. The minimum Gasteiger partial charge on any atom is -0.490 e. The summed E-state index contributed by atoms with van der Waals surface area (Å²) >= 11 is 0. The van der Waals surface area contributed by atoms with Crippen molar-refractivity contribution >= 4 is 29.9 Å². The highest BCUT2D eigenvalue weighted by atomic mass is 127. The molecule has 8 heteroatoms. The molecule has 0 aromatic heterocycles. The Morgan fingerprint density at radius 1 is 1.00 bits per heavy atom. The Hall–Kier alpha value is -2.07. The van der Waals surface area contributed by atoms with Crippen LogP contribution in [0.25, 0.3) is 0 Å². The highest BCUT2D eigenvalue weighted by Gasteiger charge is 2.07. The lowest BCUT2D eigenvalue weighted by Crippen LogP contribution is -2.37. The van der Waals surface area contributed by atoms with E-state index in [2.05, 4.69) is 15.6 Å². The number of ether oxygens (including phenoxy) is 2. The summed E-state index contributed by atoms with van der Waals surface area (Å²) in [5.41, 5.74) is 2.28. The molecule has 0 aliphatic rings. The molecule has 30 heavy (non-hydrogen) atoms. The highest BCUT2D eigenvalue weighted by molar-refractivity contribution is 14.0. The van der Waals surface area contributed by atoms with Gasteiger partial charge in [-0.25, -0.2) is 4.39 Å². The molecule has 0 fully saturated rings. The molecular formula is C22H31FIN3O3. The van der Waals surface area contributed by atoms with Crippen LogP contribution < -0.4 is 20.1 Å². The van der Waals surface area contributed by atoms with Crippen LogP contribution in [0.1, 0.15) is 30.5 Å². The molecule has 0 amide bonds. The van der Waals surface area contributed by atoms with E-state index in [0.29, 0.717) is 32.3 Å². The average molecular weight is 531 g/mol. The predicted molar refractivity (Wildman–Crippen MR) is 128 cm³/mol. The van der Waals surface area contributed by atoms with Crippen molar-refractivity contribution in [2.75, 3.05) is 26.8 Å². The van der Waals surface area contributed by atoms with Crippen LogP contribution in [0.3, 0.4) is 0 Å². The maximum atomic E-state index is 13.5. The first-order valence-electron chi connectivity index (χ1n) is 9.82. The molecular weight excluding hydrogens is 500 g/mol. The Morgan fingerprint density at radius 2 is 1.70 bits per heavy atom. The average Bonchev–Trinajstić information content (AvgIpc) is 2.73. The largest absolute Gasteiger partial charge is 0.490 e. The summed E-state index contributed by atoms with van der Waals surface area (Å²) in [5, 5.41) is 15.6. The lowest BCUT2D eigenvalue weighted by Gasteiger charge is -2.14. The Kier molecular flexibility index (Phi) is 12.1. The zero-order valence-electron chi connectivity index (χ0n) is 17.7. The number of aliphatic hydroxyl groups is 1. The molecule has 0 bridgehead atoms. The summed E-state index contributed by atoms with van der Waals surface area (Å²) < 4.78 is 24.7. The number of benzene rings is 2. The molecule has 6 nitrogen and oxygen atoms in total. The molecule has 2 aromatic carbocycles. The van der Waals surface area contributed by atoms with Gasteiger partial charge in [-0.2, -0.15) is 0 Å². The molecule has 0 saturated carbocycles. The van der Waals surface area contributed by atoms with E-state index < -0.39 is 5.82 Å².